The first-order chi connectivity index (χ1) is 10.6. The van der Waals surface area contributed by atoms with Crippen molar-refractivity contribution in [2.75, 3.05) is 12.3 Å². The third-order valence-corrected chi connectivity index (χ3v) is 5.44. The molecule has 0 aromatic carbocycles. The Labute approximate surface area is 131 Å². The minimum Gasteiger partial charge on any atom is -0.349 e. The van der Waals surface area contributed by atoms with Gasteiger partial charge in [0.15, 0.2) is 5.84 Å². The summed E-state index contributed by atoms with van der Waals surface area (Å²) in [7, 11) is -3.47. The van der Waals surface area contributed by atoms with E-state index in [4.69, 9.17) is 0 Å². The number of hydrogen-bond donors (Lipinski definition) is 1. The van der Waals surface area contributed by atoms with Gasteiger partial charge in [0.1, 0.15) is 0 Å². The maximum absolute atomic E-state index is 12.5. The first-order valence-corrected chi connectivity index (χ1v) is 9.45. The molecular formula is C15H21N3O3S. The van der Waals surface area contributed by atoms with Gasteiger partial charge in [0.25, 0.3) is 15.9 Å². The zero-order chi connectivity index (χ0) is 15.6. The number of allylic oxidation sites excluding steroid dienone is 2. The number of nitrogens with one attached hydrogen (secondary N) is 1. The molecule has 6 nitrogen and oxygen atoms in total. The maximum atomic E-state index is 12.5. The Bertz CT molecular complexity index is 641. The molecule has 0 spiro atoms. The lowest BCUT2D eigenvalue weighted by atomic mass is 10.1. The average Bonchev–Trinajstić information content (AvgIpc) is 2.74. The highest BCUT2D eigenvalue weighted by atomic mass is 32.2. The van der Waals surface area contributed by atoms with Gasteiger partial charge in [0.05, 0.1) is 11.3 Å². The highest BCUT2D eigenvalue weighted by molar-refractivity contribution is 7.90. The molecule has 0 aromatic heterocycles. The molecule has 3 aliphatic rings. The Hall–Kier alpha value is -1.63. The zero-order valence-corrected chi connectivity index (χ0v) is 13.3. The van der Waals surface area contributed by atoms with E-state index >= 15 is 0 Å². The molecule has 0 atom stereocenters. The number of fused-ring (bicyclic) bond motifs is 1. The molecular weight excluding hydrogens is 302 g/mol. The van der Waals surface area contributed by atoms with E-state index in [-0.39, 0.29) is 23.5 Å². The van der Waals surface area contributed by atoms with Gasteiger partial charge in [-0.15, -0.1) is 4.40 Å². The van der Waals surface area contributed by atoms with E-state index in [1.54, 1.807) is 23.3 Å². The Balaban J connectivity index is 1.77. The maximum Gasteiger partial charge on any atom is 0.256 e. The molecule has 0 aromatic rings. The van der Waals surface area contributed by atoms with Crippen LogP contribution in [0.3, 0.4) is 0 Å². The molecule has 7 heteroatoms. The molecule has 0 saturated heterocycles. The summed E-state index contributed by atoms with van der Waals surface area (Å²) in [6.07, 6.45) is 11.8. The first kappa shape index (κ1) is 15.3. The van der Waals surface area contributed by atoms with E-state index in [9.17, 15) is 13.2 Å². The van der Waals surface area contributed by atoms with E-state index in [1.807, 2.05) is 0 Å². The number of rotatable bonds is 2. The first-order valence-electron chi connectivity index (χ1n) is 7.84. The second-order valence-corrected chi connectivity index (χ2v) is 7.73. The van der Waals surface area contributed by atoms with Crippen LogP contribution in [0.15, 0.2) is 28.3 Å². The van der Waals surface area contributed by atoms with Crippen LogP contribution in [0.5, 0.6) is 0 Å². The van der Waals surface area contributed by atoms with Crippen LogP contribution < -0.4 is 5.32 Å². The summed E-state index contributed by atoms with van der Waals surface area (Å²) in [6, 6.07) is 0.177. The quantitative estimate of drug-likeness (QED) is 0.778. The van der Waals surface area contributed by atoms with Crippen molar-refractivity contribution in [2.24, 2.45) is 4.40 Å². The molecule has 2 aliphatic heterocycles. The summed E-state index contributed by atoms with van der Waals surface area (Å²) in [6.45, 7) is 0.339. The third kappa shape index (κ3) is 3.40. The van der Waals surface area contributed by atoms with Crippen LogP contribution in [0.4, 0.5) is 0 Å². The predicted molar refractivity (Wildman–Crippen MR) is 84.8 cm³/mol. The highest BCUT2D eigenvalue weighted by Crippen LogP contribution is 2.20. The van der Waals surface area contributed by atoms with Gasteiger partial charge in [-0.2, -0.15) is 0 Å². The van der Waals surface area contributed by atoms with Gasteiger partial charge in [-0.3, -0.25) is 4.79 Å². The van der Waals surface area contributed by atoms with Crippen molar-refractivity contribution in [3.05, 3.63) is 23.9 Å². The van der Waals surface area contributed by atoms with Crippen molar-refractivity contribution < 1.29 is 13.2 Å². The summed E-state index contributed by atoms with van der Waals surface area (Å²) < 4.78 is 27.2. The molecule has 1 fully saturated rings. The van der Waals surface area contributed by atoms with Crippen LogP contribution >= 0.6 is 0 Å². The Morgan fingerprint density at radius 2 is 1.95 bits per heavy atom. The molecule has 1 N–H and O–H groups in total. The molecule has 1 saturated carbocycles. The van der Waals surface area contributed by atoms with Crippen LogP contribution in [0.1, 0.15) is 38.5 Å². The van der Waals surface area contributed by atoms with Gasteiger partial charge in [-0.05, 0) is 25.0 Å². The Kier molecular flexibility index (Phi) is 4.33. The summed E-state index contributed by atoms with van der Waals surface area (Å²) in [5.74, 6) is 0.00946. The van der Waals surface area contributed by atoms with E-state index < -0.39 is 10.0 Å². The molecule has 2 heterocycles. The summed E-state index contributed by atoms with van der Waals surface area (Å²) in [5.41, 5.74) is 0.343. The molecule has 3 rings (SSSR count). The van der Waals surface area contributed by atoms with Crippen LogP contribution in [0, 0.1) is 0 Å². The zero-order valence-electron chi connectivity index (χ0n) is 12.5. The molecule has 0 unspecified atom stereocenters. The standard InChI is InChI=1S/C15H21N3O3S/c19-15(16-12-6-3-1-2-4-7-12)13-8-5-9-18-10-11-22(20,21)17-14(13)18/h5,8-9,12H,1-4,6-7,10-11H2,(H,16,19). The lowest BCUT2D eigenvalue weighted by Gasteiger charge is -2.29. The SMILES string of the molecule is O=C(NC1CCCCCC1)C1=CC=CN2CCS(=O)(=O)N=C12. The van der Waals surface area contributed by atoms with Gasteiger partial charge in [0, 0.05) is 18.8 Å². The fourth-order valence-electron chi connectivity index (χ4n) is 3.08. The van der Waals surface area contributed by atoms with Crippen molar-refractivity contribution in [3.63, 3.8) is 0 Å². The van der Waals surface area contributed by atoms with Crippen LogP contribution in [-0.4, -0.2) is 43.4 Å². The monoisotopic (exact) mass is 323 g/mol. The smallest absolute Gasteiger partial charge is 0.256 e. The third-order valence-electron chi connectivity index (χ3n) is 4.29. The van der Waals surface area contributed by atoms with Crippen LogP contribution in [-0.2, 0) is 14.8 Å². The molecule has 0 bridgehead atoms. The fraction of sp³-hybridized carbons (Fsp3) is 0.600. The molecule has 0 radical (unpaired) electrons. The van der Waals surface area contributed by atoms with Crippen molar-refractivity contribution in [3.8, 4) is 0 Å². The molecule has 22 heavy (non-hydrogen) atoms. The normalized spacial score (nSPS) is 24.8. The lowest BCUT2D eigenvalue weighted by molar-refractivity contribution is -0.117. The number of amidine groups is 1. The number of nitrogens with zero attached hydrogens (tertiary/aromatic N) is 2. The van der Waals surface area contributed by atoms with Gasteiger partial charge in [-0.1, -0.05) is 25.7 Å². The van der Waals surface area contributed by atoms with Crippen molar-refractivity contribution in [1.82, 2.24) is 10.2 Å². The number of amides is 1. The lowest BCUT2D eigenvalue weighted by Crippen LogP contribution is -2.44. The van der Waals surface area contributed by atoms with E-state index in [2.05, 4.69) is 9.71 Å². The number of carbonyl (C=O) groups is 1. The van der Waals surface area contributed by atoms with Gasteiger partial charge in [-0.25, -0.2) is 8.42 Å². The average molecular weight is 323 g/mol. The second kappa shape index (κ2) is 6.24. The molecule has 1 amide bonds. The van der Waals surface area contributed by atoms with Gasteiger partial charge >= 0.3 is 0 Å². The summed E-state index contributed by atoms with van der Waals surface area (Å²) in [4.78, 5) is 14.3. The van der Waals surface area contributed by atoms with E-state index in [0.29, 0.717) is 12.1 Å². The fourth-order valence-corrected chi connectivity index (χ4v) is 4.07. The summed E-state index contributed by atoms with van der Waals surface area (Å²) >= 11 is 0. The topological polar surface area (TPSA) is 78.8 Å². The minimum atomic E-state index is -3.47. The largest absolute Gasteiger partial charge is 0.349 e. The minimum absolute atomic E-state index is 0.0155. The van der Waals surface area contributed by atoms with Crippen LogP contribution in [0.25, 0.3) is 0 Å². The summed E-state index contributed by atoms with van der Waals surface area (Å²) in [5, 5.41) is 3.05. The predicted octanol–water partition coefficient (Wildman–Crippen LogP) is 1.32. The van der Waals surface area contributed by atoms with E-state index in [0.717, 1.165) is 25.7 Å². The van der Waals surface area contributed by atoms with Crippen molar-refractivity contribution in [1.29, 1.82) is 0 Å². The number of hydrogen-bond acceptors (Lipinski definition) is 4. The second-order valence-electron chi connectivity index (χ2n) is 5.98. The van der Waals surface area contributed by atoms with Gasteiger partial charge in [0.2, 0.25) is 0 Å². The Morgan fingerprint density at radius 1 is 1.23 bits per heavy atom. The number of carbonyl (C=O) groups excluding carboxylic acids is 1. The number of sulfonamides is 1. The van der Waals surface area contributed by atoms with E-state index in [1.165, 1.54) is 12.8 Å². The Morgan fingerprint density at radius 3 is 2.68 bits per heavy atom. The van der Waals surface area contributed by atoms with Crippen molar-refractivity contribution >= 4 is 21.8 Å². The molecule has 1 aliphatic carbocycles. The van der Waals surface area contributed by atoms with Crippen LogP contribution in [0.2, 0.25) is 0 Å². The van der Waals surface area contributed by atoms with Gasteiger partial charge < -0.3 is 10.2 Å². The highest BCUT2D eigenvalue weighted by Gasteiger charge is 2.30. The molecule has 120 valence electrons. The van der Waals surface area contributed by atoms with Crippen molar-refractivity contribution in [2.45, 2.75) is 44.6 Å².